The van der Waals surface area contributed by atoms with Crippen molar-refractivity contribution in [2.45, 2.75) is 102 Å². The molecular weight excluding hydrogens is 662 g/mol. The Morgan fingerprint density at radius 3 is 2.37 bits per heavy atom. The molecule has 0 radical (unpaired) electrons. The number of ether oxygens (including phenoxy) is 3. The molecule has 12 heteroatoms. The summed E-state index contributed by atoms with van der Waals surface area (Å²) in [6.07, 6.45) is 5.76. The van der Waals surface area contributed by atoms with Crippen LogP contribution in [-0.2, 0) is 19.1 Å². The highest BCUT2D eigenvalue weighted by atomic mass is 16.5. The summed E-state index contributed by atoms with van der Waals surface area (Å²) in [4.78, 5) is 62.6. The Balaban J connectivity index is 1.44. The van der Waals surface area contributed by atoms with Gasteiger partial charge in [-0.25, -0.2) is 14.6 Å². The molecule has 2 aliphatic rings. The zero-order valence-corrected chi connectivity index (χ0v) is 31.2. The Kier molecular flexibility index (Phi) is 13.0. The molecule has 5 rings (SSSR count). The van der Waals surface area contributed by atoms with Gasteiger partial charge in [0.15, 0.2) is 0 Å². The Labute approximate surface area is 306 Å². The molecule has 280 valence electrons. The summed E-state index contributed by atoms with van der Waals surface area (Å²) in [6.45, 7) is 5.78. The van der Waals surface area contributed by atoms with Crippen LogP contribution in [0.2, 0.25) is 0 Å². The predicted molar refractivity (Wildman–Crippen MR) is 199 cm³/mol. The van der Waals surface area contributed by atoms with Crippen molar-refractivity contribution < 1.29 is 33.4 Å². The van der Waals surface area contributed by atoms with Gasteiger partial charge in [-0.1, -0.05) is 76.8 Å². The van der Waals surface area contributed by atoms with Gasteiger partial charge in [-0.3, -0.25) is 9.59 Å². The van der Waals surface area contributed by atoms with Crippen LogP contribution in [0.3, 0.4) is 0 Å². The maximum Gasteiger partial charge on any atom is 0.328 e. The Hall–Kier alpha value is -4.87. The van der Waals surface area contributed by atoms with Crippen LogP contribution >= 0.6 is 0 Å². The van der Waals surface area contributed by atoms with E-state index in [-0.39, 0.29) is 30.8 Å². The number of nitrogens with one attached hydrogen (secondary N) is 2. The molecule has 1 aliphatic carbocycles. The van der Waals surface area contributed by atoms with Crippen LogP contribution in [-0.4, -0.2) is 96.7 Å². The third-order valence-corrected chi connectivity index (χ3v) is 10.2. The van der Waals surface area contributed by atoms with Gasteiger partial charge in [-0.05, 0) is 37.3 Å². The van der Waals surface area contributed by atoms with E-state index >= 15 is 0 Å². The number of carbonyl (C=O) groups excluding carboxylic acids is 4. The first kappa shape index (κ1) is 38.4. The second kappa shape index (κ2) is 17.6. The molecule has 1 aromatic heterocycles. The van der Waals surface area contributed by atoms with Gasteiger partial charge in [-0.2, -0.15) is 0 Å². The molecular formula is C40H53N5O7. The van der Waals surface area contributed by atoms with Gasteiger partial charge in [-0.15, -0.1) is 0 Å². The van der Waals surface area contributed by atoms with Crippen LogP contribution < -0.4 is 20.1 Å². The quantitative estimate of drug-likeness (QED) is 0.215. The lowest BCUT2D eigenvalue weighted by Crippen LogP contribution is -2.58. The number of fused-ring (bicyclic) bond motifs is 1. The number of benzene rings is 2. The normalized spacial score (nSPS) is 18.8. The minimum absolute atomic E-state index is 0.0682. The number of hydrogen-bond acceptors (Lipinski definition) is 8. The number of pyridine rings is 1. The first-order chi connectivity index (χ1) is 25.0. The molecule has 2 aromatic carbocycles. The van der Waals surface area contributed by atoms with Gasteiger partial charge in [0.1, 0.15) is 35.7 Å². The molecule has 2 heterocycles. The molecule has 2 fully saturated rings. The van der Waals surface area contributed by atoms with E-state index in [0.29, 0.717) is 35.6 Å². The Morgan fingerprint density at radius 1 is 0.981 bits per heavy atom. The molecule has 12 nitrogen and oxygen atoms in total. The topological polar surface area (TPSA) is 139 Å². The summed E-state index contributed by atoms with van der Waals surface area (Å²) in [5.74, 6) is -0.210. The number of likely N-dealkylation sites (N-methyl/N-ethyl adjacent to an activating group) is 1. The number of esters is 1. The lowest BCUT2D eigenvalue weighted by atomic mass is 9.93. The van der Waals surface area contributed by atoms with Crippen LogP contribution in [0.1, 0.15) is 72.1 Å². The molecule has 2 N–H and O–H groups in total. The number of likely N-dealkylation sites (tertiary alicyclic amines) is 1. The summed E-state index contributed by atoms with van der Waals surface area (Å²) in [5.41, 5.74) is 2.26. The van der Waals surface area contributed by atoms with Crippen LogP contribution in [0.25, 0.3) is 22.2 Å². The van der Waals surface area contributed by atoms with Crippen molar-refractivity contribution in [3.63, 3.8) is 0 Å². The number of amides is 4. The van der Waals surface area contributed by atoms with Crippen molar-refractivity contribution in [2.75, 3.05) is 27.8 Å². The molecule has 1 saturated heterocycles. The first-order valence-electron chi connectivity index (χ1n) is 18.5. The van der Waals surface area contributed by atoms with Crippen molar-refractivity contribution in [2.24, 2.45) is 5.92 Å². The smallest absolute Gasteiger partial charge is 0.328 e. The highest BCUT2D eigenvalue weighted by Crippen LogP contribution is 2.35. The minimum Gasteiger partial charge on any atom is -0.497 e. The highest BCUT2D eigenvalue weighted by Gasteiger charge is 2.43. The van der Waals surface area contributed by atoms with Gasteiger partial charge in [0, 0.05) is 42.6 Å². The van der Waals surface area contributed by atoms with E-state index in [1.807, 2.05) is 82.4 Å². The molecule has 0 bridgehead atoms. The molecule has 1 saturated carbocycles. The van der Waals surface area contributed by atoms with Crippen molar-refractivity contribution >= 4 is 34.7 Å². The number of methoxy groups -OCH3 is 2. The van der Waals surface area contributed by atoms with E-state index in [4.69, 9.17) is 19.2 Å². The average molecular weight is 716 g/mol. The van der Waals surface area contributed by atoms with Gasteiger partial charge >= 0.3 is 12.0 Å². The Bertz CT molecular complexity index is 1710. The van der Waals surface area contributed by atoms with Crippen molar-refractivity contribution in [3.05, 3.63) is 54.6 Å². The van der Waals surface area contributed by atoms with E-state index < -0.39 is 42.1 Å². The van der Waals surface area contributed by atoms with E-state index in [1.54, 1.807) is 12.0 Å². The predicted octanol–water partition coefficient (Wildman–Crippen LogP) is 5.72. The first-order valence-corrected chi connectivity index (χ1v) is 18.5. The largest absolute Gasteiger partial charge is 0.497 e. The maximum atomic E-state index is 14.2. The lowest BCUT2D eigenvalue weighted by Gasteiger charge is -2.36. The van der Waals surface area contributed by atoms with E-state index in [0.717, 1.165) is 43.1 Å². The summed E-state index contributed by atoms with van der Waals surface area (Å²) in [6, 6.07) is 14.1. The molecule has 1 aliphatic heterocycles. The number of rotatable bonds is 13. The standard InChI is InChI=1S/C40H53N5O7/c1-7-14-31(39(48)51-6)42-37(46)34-22-29(24-45(34)40(49)43-36(25(2)3)38(47)44(4)27-17-12-9-13-18-27)52-35-23-32(26-15-10-8-11-16-26)41-33-21-28(50-5)19-20-30(33)35/h8,10-11,15-16,19-21,23,25,27,29,31,34,36H,7,9,12-14,17-18,22,24H2,1-6H3,(H,42,46)(H,43,49)/t29-,31?,34+,36+/m1/s1. The zero-order chi connectivity index (χ0) is 37.4. The minimum atomic E-state index is -0.977. The third-order valence-electron chi connectivity index (χ3n) is 10.2. The van der Waals surface area contributed by atoms with Crippen LogP contribution in [0.4, 0.5) is 4.79 Å². The highest BCUT2D eigenvalue weighted by molar-refractivity contribution is 5.93. The number of carbonyl (C=O) groups is 4. The zero-order valence-electron chi connectivity index (χ0n) is 31.2. The van der Waals surface area contributed by atoms with Crippen molar-refractivity contribution in [1.29, 1.82) is 0 Å². The van der Waals surface area contributed by atoms with Crippen LogP contribution in [0.15, 0.2) is 54.6 Å². The van der Waals surface area contributed by atoms with E-state index in [1.165, 1.54) is 12.0 Å². The summed E-state index contributed by atoms with van der Waals surface area (Å²) >= 11 is 0. The van der Waals surface area contributed by atoms with Gasteiger partial charge < -0.3 is 34.6 Å². The van der Waals surface area contributed by atoms with Crippen molar-refractivity contribution in [1.82, 2.24) is 25.4 Å². The van der Waals surface area contributed by atoms with Gasteiger partial charge in [0.25, 0.3) is 0 Å². The molecule has 4 atom stereocenters. The average Bonchev–Trinajstić information content (AvgIpc) is 3.60. The monoisotopic (exact) mass is 715 g/mol. The van der Waals surface area contributed by atoms with E-state index in [2.05, 4.69) is 10.6 Å². The fraction of sp³-hybridized carbons (Fsp3) is 0.525. The number of urea groups is 1. The summed E-state index contributed by atoms with van der Waals surface area (Å²) < 4.78 is 17.1. The molecule has 0 spiro atoms. The second-order valence-electron chi connectivity index (χ2n) is 14.2. The maximum absolute atomic E-state index is 14.2. The molecule has 4 amide bonds. The second-order valence-corrected chi connectivity index (χ2v) is 14.2. The van der Waals surface area contributed by atoms with Crippen molar-refractivity contribution in [3.8, 4) is 22.8 Å². The van der Waals surface area contributed by atoms with Crippen LogP contribution in [0, 0.1) is 5.92 Å². The summed E-state index contributed by atoms with van der Waals surface area (Å²) in [5, 5.41) is 6.55. The molecule has 52 heavy (non-hydrogen) atoms. The molecule has 3 aromatic rings. The Morgan fingerprint density at radius 2 is 1.71 bits per heavy atom. The SMILES string of the molecule is CCCC(NC(=O)[C@@H]1C[C@@H](Oc2cc(-c3ccccc3)nc3cc(OC)ccc23)CN1C(=O)N[C@H](C(=O)N(C)C1CCCCC1)C(C)C)C(=O)OC. The fourth-order valence-corrected chi connectivity index (χ4v) is 7.24. The van der Waals surface area contributed by atoms with E-state index in [9.17, 15) is 19.2 Å². The molecule has 1 unspecified atom stereocenters. The third kappa shape index (κ3) is 8.94. The van der Waals surface area contributed by atoms with Gasteiger partial charge in [0.05, 0.1) is 32.0 Å². The summed E-state index contributed by atoms with van der Waals surface area (Å²) in [7, 11) is 4.69. The van der Waals surface area contributed by atoms with Gasteiger partial charge in [0.2, 0.25) is 11.8 Å². The van der Waals surface area contributed by atoms with Crippen LogP contribution in [0.5, 0.6) is 11.5 Å². The number of nitrogens with zero attached hydrogens (tertiary/aromatic N) is 3. The lowest BCUT2D eigenvalue weighted by molar-refractivity contribution is -0.145. The fourth-order valence-electron chi connectivity index (χ4n) is 7.24. The number of hydrogen-bond donors (Lipinski definition) is 2. The number of aromatic nitrogens is 1.